The molecule has 0 saturated heterocycles. The Morgan fingerprint density at radius 2 is 2.16 bits per heavy atom. The maximum atomic E-state index is 13.6. The van der Waals surface area contributed by atoms with Gasteiger partial charge < -0.3 is 9.84 Å². The van der Waals surface area contributed by atoms with Gasteiger partial charge in [-0.25, -0.2) is 9.18 Å². The van der Waals surface area contributed by atoms with E-state index in [9.17, 15) is 14.0 Å². The molecule has 0 aliphatic carbocycles. The van der Waals surface area contributed by atoms with Crippen LogP contribution in [-0.4, -0.2) is 23.7 Å². The number of esters is 1. The molecule has 0 amide bonds. The molecule has 100 valence electrons. The fourth-order valence-electron chi connectivity index (χ4n) is 1.36. The van der Waals surface area contributed by atoms with Crippen LogP contribution in [0.2, 0.25) is 0 Å². The van der Waals surface area contributed by atoms with Gasteiger partial charge in [0.05, 0.1) is 6.61 Å². The molecule has 1 aromatic carbocycles. The lowest BCUT2D eigenvalue weighted by Crippen LogP contribution is -2.00. The second-order valence-electron chi connectivity index (χ2n) is 3.67. The van der Waals surface area contributed by atoms with Crippen molar-refractivity contribution >= 4 is 11.9 Å². The minimum absolute atomic E-state index is 0.118. The van der Waals surface area contributed by atoms with Gasteiger partial charge in [-0.3, -0.25) is 4.79 Å². The number of carbonyl (C=O) groups excluding carboxylic acids is 1. The van der Waals surface area contributed by atoms with E-state index in [2.05, 4.69) is 16.6 Å². The lowest BCUT2D eigenvalue weighted by Gasteiger charge is -2.01. The van der Waals surface area contributed by atoms with Crippen molar-refractivity contribution in [2.24, 2.45) is 0 Å². The van der Waals surface area contributed by atoms with Crippen LogP contribution in [0.25, 0.3) is 0 Å². The van der Waals surface area contributed by atoms with E-state index in [1.165, 1.54) is 18.2 Å². The van der Waals surface area contributed by atoms with Gasteiger partial charge in [-0.05, 0) is 31.0 Å². The van der Waals surface area contributed by atoms with E-state index in [0.717, 1.165) is 0 Å². The standard InChI is InChI=1S/C14H13FO4/c1-2-19-14(18)8-4-10-3-5-11(12(15)9-10)6-7-13(16)17/h3,5,9H,2,6-7H2,1H3,(H,16,17). The fourth-order valence-corrected chi connectivity index (χ4v) is 1.36. The van der Waals surface area contributed by atoms with Gasteiger partial charge in [0.2, 0.25) is 0 Å². The Labute approximate surface area is 110 Å². The average molecular weight is 264 g/mol. The van der Waals surface area contributed by atoms with Crippen molar-refractivity contribution in [2.45, 2.75) is 19.8 Å². The summed E-state index contributed by atoms with van der Waals surface area (Å²) in [4.78, 5) is 21.4. The fraction of sp³-hybridized carbons (Fsp3) is 0.286. The van der Waals surface area contributed by atoms with Crippen LogP contribution in [0.3, 0.4) is 0 Å². The molecular formula is C14H13FO4. The third kappa shape index (κ3) is 5.21. The minimum atomic E-state index is -0.981. The highest BCUT2D eigenvalue weighted by Gasteiger charge is 2.05. The molecule has 5 heteroatoms. The molecule has 19 heavy (non-hydrogen) atoms. The van der Waals surface area contributed by atoms with E-state index in [-0.39, 0.29) is 19.4 Å². The molecule has 0 unspecified atom stereocenters. The SMILES string of the molecule is CCOC(=O)C#Cc1ccc(CCC(=O)O)c(F)c1. The monoisotopic (exact) mass is 264 g/mol. The summed E-state index contributed by atoms with van der Waals surface area (Å²) in [5.41, 5.74) is 0.647. The van der Waals surface area contributed by atoms with Crippen LogP contribution >= 0.6 is 0 Å². The Morgan fingerprint density at radius 1 is 1.42 bits per heavy atom. The van der Waals surface area contributed by atoms with E-state index in [4.69, 9.17) is 5.11 Å². The Morgan fingerprint density at radius 3 is 2.74 bits per heavy atom. The highest BCUT2D eigenvalue weighted by atomic mass is 19.1. The van der Waals surface area contributed by atoms with Gasteiger partial charge in [0, 0.05) is 17.9 Å². The molecule has 1 aromatic rings. The molecule has 0 fully saturated rings. The average Bonchev–Trinajstić information content (AvgIpc) is 2.35. The Balaban J connectivity index is 2.76. The first kappa shape index (κ1) is 14.7. The zero-order valence-corrected chi connectivity index (χ0v) is 10.4. The third-order valence-electron chi connectivity index (χ3n) is 2.25. The van der Waals surface area contributed by atoms with Gasteiger partial charge in [-0.15, -0.1) is 0 Å². The number of aryl methyl sites for hydroxylation is 1. The summed E-state index contributed by atoms with van der Waals surface area (Å²) in [6, 6.07) is 4.17. The van der Waals surface area contributed by atoms with Crippen LogP contribution < -0.4 is 0 Å². The predicted octanol–water partition coefficient (Wildman–Crippen LogP) is 1.76. The molecule has 0 bridgehead atoms. The Bertz CT molecular complexity index is 540. The molecule has 0 saturated carbocycles. The molecule has 0 atom stereocenters. The summed E-state index contributed by atoms with van der Waals surface area (Å²) >= 11 is 0. The van der Waals surface area contributed by atoms with Crippen molar-refractivity contribution < 1.29 is 23.8 Å². The van der Waals surface area contributed by atoms with Crippen LogP contribution in [0, 0.1) is 17.7 Å². The van der Waals surface area contributed by atoms with Gasteiger partial charge in [0.25, 0.3) is 0 Å². The van der Waals surface area contributed by atoms with E-state index in [1.807, 2.05) is 0 Å². The summed E-state index contributed by atoms with van der Waals surface area (Å²) in [5, 5.41) is 8.52. The van der Waals surface area contributed by atoms with Crippen molar-refractivity contribution in [3.63, 3.8) is 0 Å². The summed E-state index contributed by atoms with van der Waals surface area (Å²) in [6.07, 6.45) is -0.0163. The number of hydrogen-bond acceptors (Lipinski definition) is 3. The first-order valence-electron chi connectivity index (χ1n) is 5.72. The topological polar surface area (TPSA) is 63.6 Å². The molecule has 1 N–H and O–H groups in total. The van der Waals surface area contributed by atoms with Gasteiger partial charge in [-0.2, -0.15) is 0 Å². The van der Waals surface area contributed by atoms with Gasteiger partial charge >= 0.3 is 11.9 Å². The molecule has 0 aromatic heterocycles. The highest BCUT2D eigenvalue weighted by Crippen LogP contribution is 2.12. The number of aliphatic carboxylic acids is 1. The second-order valence-corrected chi connectivity index (χ2v) is 3.67. The van der Waals surface area contributed by atoms with Crippen LogP contribution in [0.4, 0.5) is 4.39 Å². The molecule has 0 aliphatic rings. The Kier molecular flexibility index (Phi) is 5.55. The second kappa shape index (κ2) is 7.17. The highest BCUT2D eigenvalue weighted by molar-refractivity contribution is 5.89. The van der Waals surface area contributed by atoms with E-state index in [0.29, 0.717) is 11.1 Å². The number of rotatable bonds is 4. The van der Waals surface area contributed by atoms with Crippen molar-refractivity contribution in [2.75, 3.05) is 6.61 Å². The summed E-state index contributed by atoms with van der Waals surface area (Å²) < 4.78 is 18.2. The quantitative estimate of drug-likeness (QED) is 0.664. The molecule has 1 rings (SSSR count). The number of hydrogen-bond donors (Lipinski definition) is 1. The van der Waals surface area contributed by atoms with Crippen molar-refractivity contribution in [1.82, 2.24) is 0 Å². The van der Waals surface area contributed by atoms with E-state index in [1.54, 1.807) is 6.92 Å². The van der Waals surface area contributed by atoms with Gasteiger partial charge in [0.15, 0.2) is 0 Å². The lowest BCUT2D eigenvalue weighted by molar-refractivity contribution is -0.137. The number of carboxylic acids is 1. The molecule has 0 aliphatic heterocycles. The number of halogens is 1. The first-order chi connectivity index (χ1) is 9.02. The van der Waals surface area contributed by atoms with Crippen molar-refractivity contribution in [1.29, 1.82) is 0 Å². The van der Waals surface area contributed by atoms with Crippen molar-refractivity contribution in [3.8, 4) is 11.8 Å². The van der Waals surface area contributed by atoms with Gasteiger partial charge in [0.1, 0.15) is 5.82 Å². The summed E-state index contributed by atoms with van der Waals surface area (Å²) in [6.45, 7) is 1.90. The van der Waals surface area contributed by atoms with Gasteiger partial charge in [-0.1, -0.05) is 12.0 Å². The number of benzene rings is 1. The maximum absolute atomic E-state index is 13.6. The summed E-state index contributed by atoms with van der Waals surface area (Å²) in [7, 11) is 0. The number of ether oxygens (including phenoxy) is 1. The maximum Gasteiger partial charge on any atom is 0.384 e. The molecule has 0 radical (unpaired) electrons. The molecule has 4 nitrogen and oxygen atoms in total. The van der Waals surface area contributed by atoms with Crippen LogP contribution in [-0.2, 0) is 20.7 Å². The minimum Gasteiger partial charge on any atom is -0.481 e. The van der Waals surface area contributed by atoms with E-state index < -0.39 is 17.8 Å². The normalized spacial score (nSPS) is 9.37. The largest absolute Gasteiger partial charge is 0.481 e. The number of carboxylic acid groups (broad SMARTS) is 1. The molecule has 0 heterocycles. The molecule has 0 spiro atoms. The zero-order valence-electron chi connectivity index (χ0n) is 10.4. The lowest BCUT2D eigenvalue weighted by atomic mass is 10.1. The van der Waals surface area contributed by atoms with Crippen LogP contribution in [0.15, 0.2) is 18.2 Å². The third-order valence-corrected chi connectivity index (χ3v) is 2.25. The van der Waals surface area contributed by atoms with E-state index >= 15 is 0 Å². The van der Waals surface area contributed by atoms with Crippen LogP contribution in [0.5, 0.6) is 0 Å². The zero-order chi connectivity index (χ0) is 14.3. The summed E-state index contributed by atoms with van der Waals surface area (Å²) in [5.74, 6) is 2.53. The molecular weight excluding hydrogens is 251 g/mol. The Hall–Kier alpha value is -2.35. The first-order valence-corrected chi connectivity index (χ1v) is 5.72. The van der Waals surface area contributed by atoms with Crippen molar-refractivity contribution in [3.05, 3.63) is 35.1 Å². The predicted molar refractivity (Wildman–Crippen MR) is 65.9 cm³/mol. The van der Waals surface area contributed by atoms with Crippen LogP contribution in [0.1, 0.15) is 24.5 Å². The number of carbonyl (C=O) groups is 2. The smallest absolute Gasteiger partial charge is 0.384 e.